The summed E-state index contributed by atoms with van der Waals surface area (Å²) in [5, 5.41) is 7.46. The molecule has 3 N–H and O–H groups in total. The summed E-state index contributed by atoms with van der Waals surface area (Å²) in [7, 11) is 0. The third-order valence-corrected chi connectivity index (χ3v) is 2.95. The Morgan fingerprint density at radius 1 is 1.21 bits per heavy atom. The largest absolute Gasteiger partial charge is 0.382 e. The Morgan fingerprint density at radius 3 is 2.47 bits per heavy atom. The number of hydrogen-bond donors (Lipinski definition) is 2. The maximum atomic E-state index is 7.46. The fraction of sp³-hybridized carbons (Fsp3) is 0.200. The molecule has 0 spiro atoms. The number of nitrogens with zero attached hydrogens (tertiary/aromatic N) is 2. The van der Waals surface area contributed by atoms with Crippen molar-refractivity contribution in [2.45, 2.75) is 13.8 Å². The summed E-state index contributed by atoms with van der Waals surface area (Å²) in [5.74, 6) is 0.792. The van der Waals surface area contributed by atoms with Gasteiger partial charge in [0, 0.05) is 12.2 Å². The molecule has 0 unspecified atom stereocenters. The van der Waals surface area contributed by atoms with Gasteiger partial charge < -0.3 is 10.6 Å². The van der Waals surface area contributed by atoms with Crippen LogP contribution >= 0.6 is 0 Å². The standard InChI is InChI=1S/C15H18N4/c1-3-19(12-9-7-11(2)8-10-12)14-6-4-5-13(18-14)15(16)17/h4-10H,3H2,1-2H3,(H3,16,17). The lowest BCUT2D eigenvalue weighted by atomic mass is 10.2. The number of nitrogens with two attached hydrogens (primary N) is 1. The van der Waals surface area contributed by atoms with E-state index in [1.807, 2.05) is 12.1 Å². The smallest absolute Gasteiger partial charge is 0.141 e. The summed E-state index contributed by atoms with van der Waals surface area (Å²) < 4.78 is 0. The summed E-state index contributed by atoms with van der Waals surface area (Å²) in [5.41, 5.74) is 8.30. The first-order valence-corrected chi connectivity index (χ1v) is 6.27. The summed E-state index contributed by atoms with van der Waals surface area (Å²) in [6.07, 6.45) is 0. The number of benzene rings is 1. The Labute approximate surface area is 113 Å². The zero-order chi connectivity index (χ0) is 13.8. The molecule has 4 nitrogen and oxygen atoms in total. The lowest BCUT2D eigenvalue weighted by Gasteiger charge is -2.22. The Hall–Kier alpha value is -2.36. The SMILES string of the molecule is CCN(c1ccc(C)cc1)c1cccc(C(=N)N)n1. The molecule has 98 valence electrons. The van der Waals surface area contributed by atoms with Crippen molar-refractivity contribution < 1.29 is 0 Å². The zero-order valence-corrected chi connectivity index (χ0v) is 11.2. The molecule has 1 aromatic heterocycles. The molecule has 0 aliphatic rings. The van der Waals surface area contributed by atoms with Crippen LogP contribution in [0.4, 0.5) is 11.5 Å². The number of nitrogens with one attached hydrogen (secondary N) is 1. The van der Waals surface area contributed by atoms with Gasteiger partial charge in [-0.2, -0.15) is 0 Å². The first kappa shape index (κ1) is 13.1. The second kappa shape index (κ2) is 5.52. The molecular weight excluding hydrogens is 236 g/mol. The van der Waals surface area contributed by atoms with Gasteiger partial charge in [-0.05, 0) is 38.1 Å². The number of pyridine rings is 1. The normalized spacial score (nSPS) is 10.2. The Kier molecular flexibility index (Phi) is 3.80. The second-order valence-electron chi connectivity index (χ2n) is 4.37. The van der Waals surface area contributed by atoms with Crippen LogP contribution in [0.5, 0.6) is 0 Å². The van der Waals surface area contributed by atoms with Crippen LogP contribution in [-0.4, -0.2) is 17.4 Å². The van der Waals surface area contributed by atoms with Crippen molar-refractivity contribution in [3.63, 3.8) is 0 Å². The number of aryl methyl sites for hydroxylation is 1. The van der Waals surface area contributed by atoms with Gasteiger partial charge in [0.15, 0.2) is 0 Å². The van der Waals surface area contributed by atoms with E-state index in [1.54, 1.807) is 6.07 Å². The van der Waals surface area contributed by atoms with E-state index in [2.05, 4.69) is 48.0 Å². The molecule has 1 aromatic carbocycles. The van der Waals surface area contributed by atoms with Crippen molar-refractivity contribution >= 4 is 17.3 Å². The Balaban J connectivity index is 2.39. The van der Waals surface area contributed by atoms with E-state index < -0.39 is 0 Å². The fourth-order valence-electron chi connectivity index (χ4n) is 1.93. The maximum Gasteiger partial charge on any atom is 0.141 e. The molecule has 0 aliphatic carbocycles. The molecule has 19 heavy (non-hydrogen) atoms. The molecule has 1 heterocycles. The molecule has 2 rings (SSSR count). The summed E-state index contributed by atoms with van der Waals surface area (Å²) in [4.78, 5) is 6.51. The van der Waals surface area contributed by atoms with Crippen LogP contribution < -0.4 is 10.6 Å². The highest BCUT2D eigenvalue weighted by atomic mass is 15.2. The van der Waals surface area contributed by atoms with Crippen LogP contribution in [0.3, 0.4) is 0 Å². The van der Waals surface area contributed by atoms with Gasteiger partial charge in [0.2, 0.25) is 0 Å². The maximum absolute atomic E-state index is 7.46. The molecule has 0 amide bonds. The third kappa shape index (κ3) is 2.91. The summed E-state index contributed by atoms with van der Waals surface area (Å²) in [6, 6.07) is 13.8. The highest BCUT2D eigenvalue weighted by Crippen LogP contribution is 2.23. The zero-order valence-electron chi connectivity index (χ0n) is 11.2. The minimum atomic E-state index is -0.0122. The first-order chi connectivity index (χ1) is 9.11. The van der Waals surface area contributed by atoms with Gasteiger partial charge >= 0.3 is 0 Å². The Morgan fingerprint density at radius 2 is 1.89 bits per heavy atom. The van der Waals surface area contributed by atoms with Crippen molar-refractivity contribution in [3.8, 4) is 0 Å². The van der Waals surface area contributed by atoms with Crippen molar-refractivity contribution in [3.05, 3.63) is 53.7 Å². The van der Waals surface area contributed by atoms with Gasteiger partial charge in [-0.1, -0.05) is 23.8 Å². The van der Waals surface area contributed by atoms with Crippen LogP contribution in [0.25, 0.3) is 0 Å². The monoisotopic (exact) mass is 254 g/mol. The van der Waals surface area contributed by atoms with E-state index in [0.717, 1.165) is 18.1 Å². The quantitative estimate of drug-likeness (QED) is 0.651. The van der Waals surface area contributed by atoms with Gasteiger partial charge in [-0.3, -0.25) is 5.41 Å². The lowest BCUT2D eigenvalue weighted by molar-refractivity contribution is 0.986. The van der Waals surface area contributed by atoms with E-state index in [1.165, 1.54) is 5.56 Å². The van der Waals surface area contributed by atoms with Crippen LogP contribution in [0.2, 0.25) is 0 Å². The molecule has 2 aromatic rings. The molecular formula is C15H18N4. The molecule has 0 fully saturated rings. The van der Waals surface area contributed by atoms with Gasteiger partial charge in [0.1, 0.15) is 17.3 Å². The molecule has 4 heteroatoms. The van der Waals surface area contributed by atoms with Crippen LogP contribution in [0.1, 0.15) is 18.2 Å². The predicted octanol–water partition coefficient (Wildman–Crippen LogP) is 2.83. The van der Waals surface area contributed by atoms with Crippen LogP contribution in [-0.2, 0) is 0 Å². The molecule has 0 bridgehead atoms. The van der Waals surface area contributed by atoms with Gasteiger partial charge in [0.05, 0.1) is 0 Å². The van der Waals surface area contributed by atoms with Gasteiger partial charge in [-0.15, -0.1) is 0 Å². The highest BCUT2D eigenvalue weighted by molar-refractivity contribution is 5.93. The van der Waals surface area contributed by atoms with E-state index in [4.69, 9.17) is 11.1 Å². The minimum Gasteiger partial charge on any atom is -0.382 e. The summed E-state index contributed by atoms with van der Waals surface area (Å²) in [6.45, 7) is 4.94. The lowest BCUT2D eigenvalue weighted by Crippen LogP contribution is -2.20. The number of amidine groups is 1. The van der Waals surface area contributed by atoms with E-state index in [9.17, 15) is 0 Å². The first-order valence-electron chi connectivity index (χ1n) is 6.27. The second-order valence-corrected chi connectivity index (χ2v) is 4.37. The summed E-state index contributed by atoms with van der Waals surface area (Å²) >= 11 is 0. The number of anilines is 2. The van der Waals surface area contributed by atoms with E-state index >= 15 is 0 Å². The number of hydrogen-bond acceptors (Lipinski definition) is 3. The molecule has 0 atom stereocenters. The van der Waals surface area contributed by atoms with Gasteiger partial charge in [-0.25, -0.2) is 4.98 Å². The van der Waals surface area contributed by atoms with Crippen molar-refractivity contribution in [1.82, 2.24) is 4.98 Å². The highest BCUT2D eigenvalue weighted by Gasteiger charge is 2.09. The number of rotatable bonds is 4. The van der Waals surface area contributed by atoms with Crippen LogP contribution in [0, 0.1) is 12.3 Å². The van der Waals surface area contributed by atoms with E-state index in [-0.39, 0.29) is 5.84 Å². The topological polar surface area (TPSA) is 66.0 Å². The van der Waals surface area contributed by atoms with Crippen LogP contribution in [0.15, 0.2) is 42.5 Å². The molecule has 0 saturated carbocycles. The van der Waals surface area contributed by atoms with Gasteiger partial charge in [0.25, 0.3) is 0 Å². The minimum absolute atomic E-state index is 0.0122. The average Bonchev–Trinajstić information content (AvgIpc) is 2.42. The van der Waals surface area contributed by atoms with Crippen molar-refractivity contribution in [2.75, 3.05) is 11.4 Å². The molecule has 0 saturated heterocycles. The number of aromatic nitrogens is 1. The molecule has 0 radical (unpaired) electrons. The number of nitrogen functional groups attached to an aromatic ring is 1. The van der Waals surface area contributed by atoms with Crippen molar-refractivity contribution in [2.24, 2.45) is 5.73 Å². The van der Waals surface area contributed by atoms with Crippen molar-refractivity contribution in [1.29, 1.82) is 5.41 Å². The van der Waals surface area contributed by atoms with E-state index in [0.29, 0.717) is 5.69 Å². The Bertz CT molecular complexity index is 575. The molecule has 0 aliphatic heterocycles. The average molecular weight is 254 g/mol. The fourth-order valence-corrected chi connectivity index (χ4v) is 1.93. The third-order valence-electron chi connectivity index (χ3n) is 2.95. The predicted molar refractivity (Wildman–Crippen MR) is 79.1 cm³/mol.